The molecule has 5 nitrogen and oxygen atoms in total. The van der Waals surface area contributed by atoms with Crippen LogP contribution in [0, 0.1) is 0 Å². The maximum absolute atomic E-state index is 12.0. The summed E-state index contributed by atoms with van der Waals surface area (Å²) in [5, 5.41) is 13.5. The number of amides is 2. The number of anilines is 1. The number of thiophene rings is 1. The third kappa shape index (κ3) is 4.30. The van der Waals surface area contributed by atoms with Gasteiger partial charge in [-0.3, -0.25) is 0 Å². The molecule has 0 radical (unpaired) electrons. The Hall–Kier alpha value is -1.86. The molecule has 1 aromatic heterocycles. The summed E-state index contributed by atoms with van der Waals surface area (Å²) in [4.78, 5) is 25.4. The van der Waals surface area contributed by atoms with Crippen molar-refractivity contribution in [2.45, 2.75) is 6.54 Å². The topological polar surface area (TPSA) is 69.6 Å². The molecule has 2 aromatic rings. The standard InChI is InChI=1S/C14H13BrN2O3S/c1-17(7-12-6-10(15)8-21-12)14(20)16-11-4-2-9(3-5-11)13(18)19/h2-6,8H,7H2,1H3,(H,16,20)(H,18,19). The molecule has 0 spiro atoms. The first-order valence-electron chi connectivity index (χ1n) is 6.04. The summed E-state index contributed by atoms with van der Waals surface area (Å²) in [6, 6.07) is 7.76. The second-order valence-electron chi connectivity index (χ2n) is 4.40. The average molecular weight is 369 g/mol. The van der Waals surface area contributed by atoms with Crippen molar-refractivity contribution in [3.63, 3.8) is 0 Å². The zero-order chi connectivity index (χ0) is 15.4. The molecule has 0 bridgehead atoms. The van der Waals surface area contributed by atoms with E-state index >= 15 is 0 Å². The molecule has 0 aliphatic carbocycles. The molecule has 2 rings (SSSR count). The summed E-state index contributed by atoms with van der Waals surface area (Å²) in [6.07, 6.45) is 0. The molecule has 0 fully saturated rings. The molecule has 1 heterocycles. The predicted molar refractivity (Wildman–Crippen MR) is 85.9 cm³/mol. The number of urea groups is 1. The minimum Gasteiger partial charge on any atom is -0.478 e. The summed E-state index contributed by atoms with van der Waals surface area (Å²) in [7, 11) is 1.70. The highest BCUT2D eigenvalue weighted by atomic mass is 79.9. The van der Waals surface area contributed by atoms with E-state index in [2.05, 4.69) is 21.2 Å². The largest absolute Gasteiger partial charge is 0.478 e. The van der Waals surface area contributed by atoms with Gasteiger partial charge in [0.1, 0.15) is 0 Å². The number of carbonyl (C=O) groups is 2. The van der Waals surface area contributed by atoms with Crippen LogP contribution in [-0.4, -0.2) is 29.1 Å². The van der Waals surface area contributed by atoms with Gasteiger partial charge in [-0.2, -0.15) is 0 Å². The Bertz CT molecular complexity index is 654. The van der Waals surface area contributed by atoms with E-state index in [-0.39, 0.29) is 11.6 Å². The summed E-state index contributed by atoms with van der Waals surface area (Å²) in [5.74, 6) is -0.992. The van der Waals surface area contributed by atoms with Crippen LogP contribution in [0.15, 0.2) is 40.2 Å². The lowest BCUT2D eigenvalue weighted by Crippen LogP contribution is -2.30. The molecule has 0 aliphatic heterocycles. The van der Waals surface area contributed by atoms with Gasteiger partial charge in [0.25, 0.3) is 0 Å². The van der Waals surface area contributed by atoms with E-state index in [1.165, 1.54) is 12.1 Å². The Balaban J connectivity index is 1.95. The van der Waals surface area contributed by atoms with E-state index in [9.17, 15) is 9.59 Å². The van der Waals surface area contributed by atoms with Gasteiger partial charge in [-0.15, -0.1) is 11.3 Å². The van der Waals surface area contributed by atoms with Crippen molar-refractivity contribution in [3.8, 4) is 0 Å². The van der Waals surface area contributed by atoms with Gasteiger partial charge < -0.3 is 15.3 Å². The molecule has 110 valence electrons. The second-order valence-corrected chi connectivity index (χ2v) is 6.31. The summed E-state index contributed by atoms with van der Waals surface area (Å²) in [6.45, 7) is 0.509. The molecule has 7 heteroatoms. The average Bonchev–Trinajstić information content (AvgIpc) is 2.84. The molecule has 0 aliphatic rings. The fraction of sp³-hybridized carbons (Fsp3) is 0.143. The first kappa shape index (κ1) is 15.5. The van der Waals surface area contributed by atoms with Gasteiger partial charge >= 0.3 is 12.0 Å². The number of halogens is 1. The molecule has 0 atom stereocenters. The minimum absolute atomic E-state index is 0.185. The van der Waals surface area contributed by atoms with E-state index in [1.807, 2.05) is 11.4 Å². The van der Waals surface area contributed by atoms with Crippen molar-refractivity contribution in [2.75, 3.05) is 12.4 Å². The third-order valence-electron chi connectivity index (χ3n) is 2.74. The molecular weight excluding hydrogens is 356 g/mol. The van der Waals surface area contributed by atoms with Crippen LogP contribution in [-0.2, 0) is 6.54 Å². The Labute approximate surface area is 134 Å². The molecule has 2 N–H and O–H groups in total. The predicted octanol–water partition coefficient (Wildman–Crippen LogP) is 3.87. The van der Waals surface area contributed by atoms with E-state index in [1.54, 1.807) is 35.4 Å². The maximum atomic E-state index is 12.0. The summed E-state index contributed by atoms with van der Waals surface area (Å²) < 4.78 is 1.00. The van der Waals surface area contributed by atoms with Gasteiger partial charge in [0.2, 0.25) is 0 Å². The van der Waals surface area contributed by atoms with Gasteiger partial charge in [0.15, 0.2) is 0 Å². The van der Waals surface area contributed by atoms with Crippen molar-refractivity contribution in [1.29, 1.82) is 0 Å². The molecular formula is C14H13BrN2O3S. The Kier molecular flexibility index (Phi) is 4.98. The molecule has 0 saturated carbocycles. The zero-order valence-corrected chi connectivity index (χ0v) is 13.6. The molecule has 1 aromatic carbocycles. The van der Waals surface area contributed by atoms with Crippen LogP contribution in [0.1, 0.15) is 15.2 Å². The smallest absolute Gasteiger partial charge is 0.335 e. The van der Waals surface area contributed by atoms with Gasteiger partial charge in [0, 0.05) is 27.5 Å². The number of carbonyl (C=O) groups excluding carboxylic acids is 1. The van der Waals surface area contributed by atoms with E-state index < -0.39 is 5.97 Å². The number of rotatable bonds is 4. The SMILES string of the molecule is CN(Cc1cc(Br)cs1)C(=O)Nc1ccc(C(=O)O)cc1. The second kappa shape index (κ2) is 6.73. The van der Waals surface area contributed by atoms with Gasteiger partial charge in [-0.05, 0) is 46.3 Å². The fourth-order valence-corrected chi connectivity index (χ4v) is 3.16. The van der Waals surface area contributed by atoms with Crippen LogP contribution in [0.5, 0.6) is 0 Å². The maximum Gasteiger partial charge on any atom is 0.335 e. The number of hydrogen-bond donors (Lipinski definition) is 2. The van der Waals surface area contributed by atoms with Crippen LogP contribution in [0.25, 0.3) is 0 Å². The van der Waals surface area contributed by atoms with Crippen molar-refractivity contribution in [3.05, 3.63) is 50.6 Å². The quantitative estimate of drug-likeness (QED) is 0.860. The number of carboxylic acids is 1. The van der Waals surface area contributed by atoms with Crippen LogP contribution < -0.4 is 5.32 Å². The lowest BCUT2D eigenvalue weighted by atomic mass is 10.2. The lowest BCUT2D eigenvalue weighted by molar-refractivity contribution is 0.0697. The summed E-state index contributed by atoms with van der Waals surface area (Å²) >= 11 is 4.95. The number of aromatic carboxylic acids is 1. The zero-order valence-electron chi connectivity index (χ0n) is 11.2. The van der Waals surface area contributed by atoms with Crippen LogP contribution >= 0.6 is 27.3 Å². The Morgan fingerprint density at radius 1 is 1.33 bits per heavy atom. The first-order valence-corrected chi connectivity index (χ1v) is 7.71. The number of benzene rings is 1. The van der Waals surface area contributed by atoms with Crippen LogP contribution in [0.3, 0.4) is 0 Å². The van der Waals surface area contributed by atoms with Crippen molar-refractivity contribution < 1.29 is 14.7 Å². The van der Waals surface area contributed by atoms with Crippen molar-refractivity contribution in [2.24, 2.45) is 0 Å². The van der Waals surface area contributed by atoms with Gasteiger partial charge in [-0.1, -0.05) is 0 Å². The number of nitrogens with one attached hydrogen (secondary N) is 1. The minimum atomic E-state index is -0.992. The highest BCUT2D eigenvalue weighted by molar-refractivity contribution is 9.10. The van der Waals surface area contributed by atoms with E-state index in [0.29, 0.717) is 12.2 Å². The number of hydrogen-bond acceptors (Lipinski definition) is 3. The number of nitrogens with zero attached hydrogens (tertiary/aromatic N) is 1. The van der Waals surface area contributed by atoms with Crippen molar-refractivity contribution >= 4 is 45.0 Å². The summed E-state index contributed by atoms with van der Waals surface area (Å²) in [5.41, 5.74) is 0.744. The molecule has 21 heavy (non-hydrogen) atoms. The highest BCUT2D eigenvalue weighted by Gasteiger charge is 2.11. The Morgan fingerprint density at radius 2 is 2.00 bits per heavy atom. The van der Waals surface area contributed by atoms with Crippen molar-refractivity contribution in [1.82, 2.24) is 4.90 Å². The van der Waals surface area contributed by atoms with Gasteiger partial charge in [0.05, 0.1) is 12.1 Å². The molecule has 0 unspecified atom stereocenters. The van der Waals surface area contributed by atoms with Gasteiger partial charge in [-0.25, -0.2) is 9.59 Å². The fourth-order valence-electron chi connectivity index (χ4n) is 1.66. The van der Waals surface area contributed by atoms with Crippen LogP contribution in [0.2, 0.25) is 0 Å². The first-order chi connectivity index (χ1) is 9.95. The highest BCUT2D eigenvalue weighted by Crippen LogP contribution is 2.21. The lowest BCUT2D eigenvalue weighted by Gasteiger charge is -2.17. The monoisotopic (exact) mass is 368 g/mol. The van der Waals surface area contributed by atoms with E-state index in [4.69, 9.17) is 5.11 Å². The number of carboxylic acid groups (broad SMARTS) is 1. The van der Waals surface area contributed by atoms with Crippen LogP contribution in [0.4, 0.5) is 10.5 Å². The van der Waals surface area contributed by atoms with E-state index in [0.717, 1.165) is 9.35 Å². The Morgan fingerprint density at radius 3 is 2.52 bits per heavy atom. The normalized spacial score (nSPS) is 10.2. The third-order valence-corrected chi connectivity index (χ3v) is 4.43. The molecule has 0 saturated heterocycles. The molecule has 2 amide bonds.